The molecule has 0 saturated heterocycles. The van der Waals surface area contributed by atoms with Gasteiger partial charge in [0.05, 0.1) is 16.9 Å². The summed E-state index contributed by atoms with van der Waals surface area (Å²) < 4.78 is 19.3. The van der Waals surface area contributed by atoms with Crippen LogP contribution in [0.3, 0.4) is 0 Å². The minimum atomic E-state index is -1.06. The van der Waals surface area contributed by atoms with Gasteiger partial charge in [0.2, 0.25) is 11.8 Å². The van der Waals surface area contributed by atoms with E-state index in [0.29, 0.717) is 18.8 Å². The van der Waals surface area contributed by atoms with Gasteiger partial charge in [-0.2, -0.15) is 0 Å². The molecule has 3 unspecified atom stereocenters. The van der Waals surface area contributed by atoms with Crippen LogP contribution in [0.5, 0.6) is 0 Å². The highest BCUT2D eigenvalue weighted by Gasteiger charge is 2.72. The van der Waals surface area contributed by atoms with E-state index in [-0.39, 0.29) is 41.9 Å². The van der Waals surface area contributed by atoms with Crippen molar-refractivity contribution >= 4 is 23.4 Å². The summed E-state index contributed by atoms with van der Waals surface area (Å²) in [6.07, 6.45) is 11.5. The highest BCUT2D eigenvalue weighted by Crippen LogP contribution is 2.67. The molecule has 2 amide bonds. The van der Waals surface area contributed by atoms with Gasteiger partial charge in [0.1, 0.15) is 12.8 Å². The van der Waals surface area contributed by atoms with Gasteiger partial charge in [-0.15, -0.1) is 11.6 Å². The van der Waals surface area contributed by atoms with Crippen molar-refractivity contribution < 1.29 is 18.7 Å². The van der Waals surface area contributed by atoms with Crippen molar-refractivity contribution in [2.45, 2.75) is 114 Å². The third-order valence-electron chi connectivity index (χ3n) is 8.50. The van der Waals surface area contributed by atoms with Gasteiger partial charge in [-0.3, -0.25) is 9.59 Å². The van der Waals surface area contributed by atoms with Crippen LogP contribution in [0.2, 0.25) is 0 Å². The third kappa shape index (κ3) is 5.43. The van der Waals surface area contributed by atoms with E-state index in [1.165, 1.54) is 44.9 Å². The number of hydrogen-bond acceptors (Lipinski definition) is 3. The van der Waals surface area contributed by atoms with Gasteiger partial charge in [-0.05, 0) is 56.8 Å². The monoisotopic (exact) mass is 470 g/mol. The lowest BCUT2D eigenvalue weighted by Gasteiger charge is -2.69. The van der Waals surface area contributed by atoms with Crippen molar-refractivity contribution in [2.24, 2.45) is 17.3 Å². The molecule has 2 N–H and O–H groups in total. The van der Waals surface area contributed by atoms with Crippen LogP contribution in [0.25, 0.3) is 0 Å². The van der Waals surface area contributed by atoms with Crippen LogP contribution in [0.4, 0.5) is 4.39 Å². The van der Waals surface area contributed by atoms with Gasteiger partial charge in [-0.1, -0.05) is 39.0 Å². The Morgan fingerprint density at radius 1 is 1.06 bits per heavy atom. The maximum atomic E-state index is 13.7. The molecule has 5 aliphatic rings. The molecule has 5 rings (SSSR count). The average Bonchev–Trinajstić information content (AvgIpc) is 2.73. The number of carbonyl (C=O) groups is 2. The molecule has 5 nitrogen and oxygen atoms in total. The zero-order chi connectivity index (χ0) is 22.8. The summed E-state index contributed by atoms with van der Waals surface area (Å²) >= 11 is 5.90. The highest BCUT2D eigenvalue weighted by atomic mass is 35.5. The predicted molar refractivity (Wildman–Crippen MR) is 123 cm³/mol. The number of nitrogens with one attached hydrogen (secondary N) is 2. The van der Waals surface area contributed by atoms with Crippen LogP contribution in [-0.2, 0) is 14.3 Å². The summed E-state index contributed by atoms with van der Waals surface area (Å²) in [5, 5.41) is 5.84. The zero-order valence-corrected chi connectivity index (χ0v) is 20.2. The van der Waals surface area contributed by atoms with Gasteiger partial charge < -0.3 is 15.4 Å². The normalized spacial score (nSPS) is 40.7. The van der Waals surface area contributed by atoms with E-state index >= 15 is 0 Å². The number of amides is 2. The van der Waals surface area contributed by atoms with E-state index in [1.807, 2.05) is 0 Å². The molecule has 0 spiro atoms. The lowest BCUT2D eigenvalue weighted by molar-refractivity contribution is -0.185. The second kappa shape index (κ2) is 10.2. The number of hydrogen-bond donors (Lipinski definition) is 2. The number of unbranched alkanes of at least 4 members (excludes halogenated alkanes) is 1. The molecular formula is C25H40ClFN2O3. The van der Waals surface area contributed by atoms with Crippen molar-refractivity contribution in [3.63, 3.8) is 0 Å². The summed E-state index contributed by atoms with van der Waals surface area (Å²) in [6, 6.07) is 0. The Labute approximate surface area is 196 Å². The quantitative estimate of drug-likeness (QED) is 0.456. The van der Waals surface area contributed by atoms with Crippen LogP contribution in [0.1, 0.15) is 90.4 Å². The molecule has 5 saturated carbocycles. The number of halogens is 2. The largest absolute Gasteiger partial charge is 0.368 e. The number of alkyl halides is 2. The van der Waals surface area contributed by atoms with Gasteiger partial charge in [-0.25, -0.2) is 4.39 Å². The van der Waals surface area contributed by atoms with Crippen LogP contribution in [0, 0.1) is 17.3 Å². The lowest BCUT2D eigenvalue weighted by Crippen LogP contribution is -2.78. The molecule has 0 aromatic heterocycles. The van der Waals surface area contributed by atoms with Crippen molar-refractivity contribution in [3.8, 4) is 0 Å². The Balaban J connectivity index is 1.09. The molecule has 32 heavy (non-hydrogen) atoms. The molecule has 5 aliphatic carbocycles. The zero-order valence-electron chi connectivity index (χ0n) is 19.5. The molecule has 0 aromatic carbocycles. The number of ether oxygens (including phenoxy) is 1. The first-order valence-electron chi connectivity index (χ1n) is 12.8. The molecule has 2 bridgehead atoms. The molecule has 182 valence electrons. The van der Waals surface area contributed by atoms with Crippen molar-refractivity contribution in [1.29, 1.82) is 0 Å². The second-order valence-electron chi connectivity index (χ2n) is 11.2. The summed E-state index contributed by atoms with van der Waals surface area (Å²) in [5.74, 6) is 1.51. The van der Waals surface area contributed by atoms with E-state index < -0.39 is 11.5 Å². The summed E-state index contributed by atoms with van der Waals surface area (Å²) in [7, 11) is 0. The van der Waals surface area contributed by atoms with E-state index in [1.54, 1.807) is 0 Å². The van der Waals surface area contributed by atoms with E-state index in [0.717, 1.165) is 31.7 Å². The first kappa shape index (κ1) is 24.3. The summed E-state index contributed by atoms with van der Waals surface area (Å²) in [4.78, 5) is 25.1. The van der Waals surface area contributed by atoms with E-state index in [9.17, 15) is 14.0 Å². The molecule has 5 fully saturated rings. The maximum Gasteiger partial charge on any atom is 0.246 e. The average molecular weight is 471 g/mol. The first-order chi connectivity index (χ1) is 15.3. The molecule has 0 heterocycles. The minimum Gasteiger partial charge on any atom is -0.368 e. The fourth-order valence-corrected chi connectivity index (χ4v) is 6.75. The Hall–Kier alpha value is -0.880. The minimum absolute atomic E-state index is 0.0494. The topological polar surface area (TPSA) is 67.4 Å². The Bertz CT molecular complexity index is 662. The van der Waals surface area contributed by atoms with Crippen molar-refractivity contribution in [1.82, 2.24) is 10.6 Å². The predicted octanol–water partition coefficient (Wildman–Crippen LogP) is 4.65. The fraction of sp³-hybridized carbons (Fsp3) is 0.920. The lowest BCUT2D eigenvalue weighted by atomic mass is 9.39. The molecule has 0 aromatic rings. The molecule has 7 heteroatoms. The first-order valence-corrected chi connectivity index (χ1v) is 13.3. The number of carbonyl (C=O) groups excluding carboxylic acids is 2. The Morgan fingerprint density at radius 2 is 1.75 bits per heavy atom. The number of rotatable bonds is 10. The highest BCUT2D eigenvalue weighted by molar-refractivity contribution is 6.21. The van der Waals surface area contributed by atoms with E-state index in [4.69, 9.17) is 16.3 Å². The van der Waals surface area contributed by atoms with E-state index in [2.05, 4.69) is 17.6 Å². The fourth-order valence-electron chi connectivity index (χ4n) is 6.52. The summed E-state index contributed by atoms with van der Waals surface area (Å²) in [6.45, 7) is 3.01. The molecule has 3 atom stereocenters. The van der Waals surface area contributed by atoms with Gasteiger partial charge in [0.15, 0.2) is 0 Å². The van der Waals surface area contributed by atoms with Crippen molar-refractivity contribution in [2.75, 3.05) is 13.2 Å². The molecule has 0 aliphatic heterocycles. The second-order valence-corrected chi connectivity index (χ2v) is 11.7. The Morgan fingerprint density at radius 3 is 2.41 bits per heavy atom. The smallest absolute Gasteiger partial charge is 0.246 e. The summed E-state index contributed by atoms with van der Waals surface area (Å²) in [5.41, 5.74) is -0.502. The molecule has 0 radical (unpaired) electrons. The maximum absolute atomic E-state index is 13.7. The van der Waals surface area contributed by atoms with Gasteiger partial charge in [0.25, 0.3) is 0 Å². The van der Waals surface area contributed by atoms with Crippen LogP contribution < -0.4 is 10.6 Å². The SMILES string of the molecule is CCCCC1CCC(CNC(=O)C23CC(NC(=O)COC4CCC(Cl)C(F)C4)(C2)C3)CC1. The van der Waals surface area contributed by atoms with Crippen molar-refractivity contribution in [3.05, 3.63) is 0 Å². The van der Waals surface area contributed by atoms with Gasteiger partial charge >= 0.3 is 0 Å². The third-order valence-corrected chi connectivity index (χ3v) is 8.99. The van der Waals surface area contributed by atoms with Crippen LogP contribution >= 0.6 is 11.6 Å². The van der Waals surface area contributed by atoms with Crippen LogP contribution in [0.15, 0.2) is 0 Å². The van der Waals surface area contributed by atoms with Gasteiger partial charge in [0, 0.05) is 18.5 Å². The van der Waals surface area contributed by atoms with Crippen LogP contribution in [-0.4, -0.2) is 48.2 Å². The Kier molecular flexibility index (Phi) is 7.71. The molecular weight excluding hydrogens is 431 g/mol. The standard InChI is InChI=1S/C25H40ClFN2O3/c1-2-3-4-17-5-7-18(8-6-17)12-28-23(31)24-14-25(15-24,16-24)29-22(30)13-32-19-9-10-20(26)21(27)11-19/h17-21H,2-16H2,1H3,(H,28,31)(H,29,30).